The van der Waals surface area contributed by atoms with E-state index in [9.17, 15) is 0 Å². The molecule has 0 spiro atoms. The van der Waals surface area contributed by atoms with Crippen molar-refractivity contribution < 1.29 is 4.74 Å². The first-order chi connectivity index (χ1) is 9.51. The predicted octanol–water partition coefficient (Wildman–Crippen LogP) is 3.12. The summed E-state index contributed by atoms with van der Waals surface area (Å²) in [5.74, 6) is 0.899. The van der Waals surface area contributed by atoms with Crippen LogP contribution in [0.5, 0.6) is 5.75 Å². The lowest BCUT2D eigenvalue weighted by atomic mass is 10.1. The van der Waals surface area contributed by atoms with Crippen molar-refractivity contribution in [1.82, 2.24) is 9.78 Å². The number of aryl methyl sites for hydroxylation is 3. The van der Waals surface area contributed by atoms with E-state index in [2.05, 4.69) is 24.2 Å². The molecule has 4 heteroatoms. The molecule has 0 saturated carbocycles. The lowest BCUT2D eigenvalue weighted by Crippen LogP contribution is -2.08. The third-order valence-corrected chi connectivity index (χ3v) is 3.39. The van der Waals surface area contributed by atoms with E-state index in [0.29, 0.717) is 6.61 Å². The van der Waals surface area contributed by atoms with Gasteiger partial charge in [0.05, 0.1) is 11.4 Å². The molecule has 4 nitrogen and oxygen atoms in total. The summed E-state index contributed by atoms with van der Waals surface area (Å²) in [6.07, 6.45) is 0. The van der Waals surface area contributed by atoms with Crippen LogP contribution < -0.4 is 10.5 Å². The van der Waals surface area contributed by atoms with Gasteiger partial charge in [0.15, 0.2) is 0 Å². The van der Waals surface area contributed by atoms with Crippen molar-refractivity contribution in [2.24, 2.45) is 5.73 Å². The van der Waals surface area contributed by atoms with Crippen LogP contribution in [0.1, 0.15) is 42.4 Å². The lowest BCUT2D eigenvalue weighted by molar-refractivity contribution is 0.290. The zero-order valence-corrected chi connectivity index (χ0v) is 12.7. The molecule has 2 aromatic rings. The van der Waals surface area contributed by atoms with Gasteiger partial charge in [-0.05, 0) is 51.0 Å². The van der Waals surface area contributed by atoms with Gasteiger partial charge in [0.1, 0.15) is 12.4 Å². The normalized spacial score (nSPS) is 12.4. The molecule has 0 fully saturated rings. The third kappa shape index (κ3) is 3.20. The van der Waals surface area contributed by atoms with Gasteiger partial charge in [0.2, 0.25) is 0 Å². The summed E-state index contributed by atoms with van der Waals surface area (Å²) in [5.41, 5.74) is 10.2. The van der Waals surface area contributed by atoms with Gasteiger partial charge in [-0.3, -0.25) is 4.68 Å². The van der Waals surface area contributed by atoms with Crippen LogP contribution >= 0.6 is 0 Å². The Hall–Kier alpha value is -1.81. The number of aromatic nitrogens is 2. The highest BCUT2D eigenvalue weighted by molar-refractivity contribution is 5.37. The van der Waals surface area contributed by atoms with Crippen LogP contribution in [0.25, 0.3) is 0 Å². The minimum atomic E-state index is 0.0481. The van der Waals surface area contributed by atoms with Gasteiger partial charge in [-0.15, -0.1) is 0 Å². The summed E-state index contributed by atoms with van der Waals surface area (Å²) in [7, 11) is 0. The van der Waals surface area contributed by atoms with Crippen LogP contribution in [0.3, 0.4) is 0 Å². The van der Waals surface area contributed by atoms with E-state index in [4.69, 9.17) is 10.5 Å². The van der Waals surface area contributed by atoms with E-state index in [-0.39, 0.29) is 6.04 Å². The number of nitrogens with two attached hydrogens (primary N) is 1. The van der Waals surface area contributed by atoms with Crippen LogP contribution in [-0.4, -0.2) is 9.78 Å². The fourth-order valence-electron chi connectivity index (χ4n) is 2.26. The van der Waals surface area contributed by atoms with Gasteiger partial charge in [0, 0.05) is 12.6 Å². The van der Waals surface area contributed by atoms with E-state index in [0.717, 1.165) is 34.8 Å². The zero-order chi connectivity index (χ0) is 14.7. The minimum absolute atomic E-state index is 0.0481. The monoisotopic (exact) mass is 273 g/mol. The van der Waals surface area contributed by atoms with Crippen molar-refractivity contribution in [3.8, 4) is 5.75 Å². The van der Waals surface area contributed by atoms with Crippen molar-refractivity contribution in [3.05, 3.63) is 46.8 Å². The van der Waals surface area contributed by atoms with Crippen LogP contribution in [0, 0.1) is 13.8 Å². The summed E-state index contributed by atoms with van der Waals surface area (Å²) in [4.78, 5) is 0. The second kappa shape index (κ2) is 6.09. The number of ether oxygens (including phenoxy) is 1. The van der Waals surface area contributed by atoms with Gasteiger partial charge in [-0.25, -0.2) is 0 Å². The molecule has 0 aliphatic carbocycles. The molecule has 0 amide bonds. The van der Waals surface area contributed by atoms with Crippen molar-refractivity contribution in [1.29, 1.82) is 0 Å². The largest absolute Gasteiger partial charge is 0.487 e. The van der Waals surface area contributed by atoms with Crippen LogP contribution in [0.2, 0.25) is 0 Å². The molecule has 0 aliphatic rings. The van der Waals surface area contributed by atoms with E-state index >= 15 is 0 Å². The average Bonchev–Trinajstić information content (AvgIpc) is 2.77. The highest BCUT2D eigenvalue weighted by atomic mass is 16.5. The molecule has 1 atom stereocenters. The van der Waals surface area contributed by atoms with Crippen molar-refractivity contribution >= 4 is 0 Å². The maximum Gasteiger partial charge on any atom is 0.130 e. The Morgan fingerprint density at radius 2 is 2.05 bits per heavy atom. The molecule has 1 aromatic carbocycles. The van der Waals surface area contributed by atoms with E-state index in [1.165, 1.54) is 0 Å². The maximum absolute atomic E-state index is 5.91. The molecule has 1 heterocycles. The Balaban J connectivity index is 2.10. The second-order valence-electron chi connectivity index (χ2n) is 5.20. The van der Waals surface area contributed by atoms with Gasteiger partial charge in [-0.2, -0.15) is 5.10 Å². The number of hydrogen-bond acceptors (Lipinski definition) is 3. The quantitative estimate of drug-likeness (QED) is 0.910. The molecule has 2 rings (SSSR count). The van der Waals surface area contributed by atoms with Gasteiger partial charge >= 0.3 is 0 Å². The first-order valence-electron chi connectivity index (χ1n) is 7.03. The molecule has 0 unspecified atom stereocenters. The molecule has 0 bridgehead atoms. The third-order valence-electron chi connectivity index (χ3n) is 3.39. The van der Waals surface area contributed by atoms with Crippen LogP contribution in [0.15, 0.2) is 24.3 Å². The highest BCUT2D eigenvalue weighted by Gasteiger charge is 2.07. The van der Waals surface area contributed by atoms with Gasteiger partial charge in [-0.1, -0.05) is 12.1 Å². The molecule has 0 radical (unpaired) electrons. The van der Waals surface area contributed by atoms with Gasteiger partial charge in [0.25, 0.3) is 0 Å². The minimum Gasteiger partial charge on any atom is -0.487 e. The highest BCUT2D eigenvalue weighted by Crippen LogP contribution is 2.23. The summed E-state index contributed by atoms with van der Waals surface area (Å²) in [5, 5.41) is 4.42. The Morgan fingerprint density at radius 1 is 1.30 bits per heavy atom. The Labute approximate surface area is 120 Å². The number of benzene rings is 1. The fraction of sp³-hybridized carbons (Fsp3) is 0.438. The first kappa shape index (κ1) is 14.6. The van der Waals surface area contributed by atoms with Crippen LogP contribution in [0.4, 0.5) is 0 Å². The summed E-state index contributed by atoms with van der Waals surface area (Å²) in [6.45, 7) is 9.50. The van der Waals surface area contributed by atoms with Crippen molar-refractivity contribution in [2.75, 3.05) is 0 Å². The predicted molar refractivity (Wildman–Crippen MR) is 80.8 cm³/mol. The van der Waals surface area contributed by atoms with Gasteiger partial charge < -0.3 is 10.5 Å². The number of nitrogens with zero attached hydrogens (tertiary/aromatic N) is 2. The number of rotatable bonds is 5. The molecule has 2 N–H and O–H groups in total. The SMILES string of the molecule is CCn1nc(C)cc1COc1ccc([C@@H](C)N)cc1C. The molecule has 1 aromatic heterocycles. The molecule has 0 saturated heterocycles. The summed E-state index contributed by atoms with van der Waals surface area (Å²) < 4.78 is 7.88. The zero-order valence-electron chi connectivity index (χ0n) is 12.7. The average molecular weight is 273 g/mol. The van der Waals surface area contributed by atoms with Crippen molar-refractivity contribution in [2.45, 2.75) is 46.9 Å². The smallest absolute Gasteiger partial charge is 0.130 e. The topological polar surface area (TPSA) is 53.1 Å². The fourth-order valence-corrected chi connectivity index (χ4v) is 2.26. The Kier molecular flexibility index (Phi) is 4.45. The van der Waals surface area contributed by atoms with E-state index in [1.807, 2.05) is 37.6 Å². The molecule has 108 valence electrons. The van der Waals surface area contributed by atoms with Crippen molar-refractivity contribution in [3.63, 3.8) is 0 Å². The first-order valence-corrected chi connectivity index (χ1v) is 7.03. The molecule has 0 aliphatic heterocycles. The van der Waals surface area contributed by atoms with E-state index < -0.39 is 0 Å². The Morgan fingerprint density at radius 3 is 2.65 bits per heavy atom. The molecule has 20 heavy (non-hydrogen) atoms. The maximum atomic E-state index is 5.91. The summed E-state index contributed by atoms with van der Waals surface area (Å²) in [6, 6.07) is 8.22. The lowest BCUT2D eigenvalue weighted by Gasteiger charge is -2.12. The molecular formula is C16H23N3O. The second-order valence-corrected chi connectivity index (χ2v) is 5.20. The van der Waals surface area contributed by atoms with E-state index in [1.54, 1.807) is 0 Å². The van der Waals surface area contributed by atoms with Crippen LogP contribution in [-0.2, 0) is 13.2 Å². The number of hydrogen-bond donors (Lipinski definition) is 1. The Bertz CT molecular complexity index is 587. The summed E-state index contributed by atoms with van der Waals surface area (Å²) >= 11 is 0. The molecular weight excluding hydrogens is 250 g/mol. The standard InChI is InChI=1S/C16H23N3O/c1-5-19-15(9-12(3)18-19)10-20-16-7-6-14(13(4)17)8-11(16)2/h6-9,13H,5,10,17H2,1-4H3/t13-/m1/s1.